The van der Waals surface area contributed by atoms with Crippen LogP contribution in [0.25, 0.3) is 0 Å². The molecule has 162 valence electrons. The quantitative estimate of drug-likeness (QED) is 0.502. The van der Waals surface area contributed by atoms with E-state index in [-0.39, 0.29) is 6.10 Å². The van der Waals surface area contributed by atoms with Gasteiger partial charge in [0.2, 0.25) is 0 Å². The number of nitrogens with one attached hydrogen (secondary N) is 2. The molecule has 1 saturated heterocycles. The van der Waals surface area contributed by atoms with E-state index in [4.69, 9.17) is 9.47 Å². The molecular formula is C25H35N3O2. The smallest absolute Gasteiger partial charge is 0.191 e. The van der Waals surface area contributed by atoms with Crippen LogP contribution in [0.1, 0.15) is 48.1 Å². The summed E-state index contributed by atoms with van der Waals surface area (Å²) in [6.07, 6.45) is 2.39. The average Bonchev–Trinajstić information content (AvgIpc) is 2.79. The summed E-state index contributed by atoms with van der Waals surface area (Å²) in [5, 5.41) is 6.96. The van der Waals surface area contributed by atoms with Crippen LogP contribution < -0.4 is 10.6 Å². The Morgan fingerprint density at radius 2 is 1.87 bits per heavy atom. The Balaban J connectivity index is 1.56. The van der Waals surface area contributed by atoms with Crippen molar-refractivity contribution in [3.8, 4) is 0 Å². The average molecular weight is 410 g/mol. The summed E-state index contributed by atoms with van der Waals surface area (Å²) in [5.41, 5.74) is 4.98. The largest absolute Gasteiger partial charge is 0.377 e. The van der Waals surface area contributed by atoms with Crippen molar-refractivity contribution in [3.63, 3.8) is 0 Å². The molecule has 2 unspecified atom stereocenters. The molecule has 0 bridgehead atoms. The van der Waals surface area contributed by atoms with Gasteiger partial charge in [-0.15, -0.1) is 0 Å². The van der Waals surface area contributed by atoms with Gasteiger partial charge in [-0.3, -0.25) is 4.99 Å². The van der Waals surface area contributed by atoms with Gasteiger partial charge in [0, 0.05) is 39.3 Å². The van der Waals surface area contributed by atoms with Gasteiger partial charge in [-0.1, -0.05) is 54.1 Å². The van der Waals surface area contributed by atoms with Gasteiger partial charge in [0.15, 0.2) is 5.96 Å². The van der Waals surface area contributed by atoms with E-state index in [2.05, 4.69) is 71.1 Å². The zero-order chi connectivity index (χ0) is 21.2. The van der Waals surface area contributed by atoms with Crippen molar-refractivity contribution in [2.75, 3.05) is 26.8 Å². The van der Waals surface area contributed by atoms with Crippen molar-refractivity contribution in [3.05, 3.63) is 70.8 Å². The minimum atomic E-state index is 0.136. The fourth-order valence-electron chi connectivity index (χ4n) is 3.89. The summed E-state index contributed by atoms with van der Waals surface area (Å²) in [4.78, 5) is 4.41. The van der Waals surface area contributed by atoms with Gasteiger partial charge in [-0.25, -0.2) is 0 Å². The number of rotatable bonds is 8. The van der Waals surface area contributed by atoms with Gasteiger partial charge < -0.3 is 20.1 Å². The predicted molar refractivity (Wildman–Crippen MR) is 123 cm³/mol. The third-order valence-corrected chi connectivity index (χ3v) is 5.63. The molecule has 2 aromatic rings. The lowest BCUT2D eigenvalue weighted by molar-refractivity contribution is -0.0265. The molecule has 0 radical (unpaired) electrons. The highest BCUT2D eigenvalue weighted by Gasteiger charge is 2.27. The Morgan fingerprint density at radius 1 is 1.10 bits per heavy atom. The van der Waals surface area contributed by atoms with Crippen LogP contribution >= 0.6 is 0 Å². The summed E-state index contributed by atoms with van der Waals surface area (Å²) >= 11 is 0. The van der Waals surface area contributed by atoms with Crippen LogP contribution in [0, 0.1) is 12.8 Å². The van der Waals surface area contributed by atoms with Gasteiger partial charge in [0.1, 0.15) is 0 Å². The minimum Gasteiger partial charge on any atom is -0.377 e. The van der Waals surface area contributed by atoms with Crippen molar-refractivity contribution in [1.82, 2.24) is 10.6 Å². The van der Waals surface area contributed by atoms with Crippen LogP contribution in [0.2, 0.25) is 0 Å². The van der Waals surface area contributed by atoms with Crippen molar-refractivity contribution in [2.45, 2.75) is 45.9 Å². The van der Waals surface area contributed by atoms with Crippen molar-refractivity contribution in [2.24, 2.45) is 10.9 Å². The van der Waals surface area contributed by atoms with Gasteiger partial charge in [-0.05, 0) is 43.4 Å². The van der Waals surface area contributed by atoms with E-state index in [0.29, 0.717) is 19.1 Å². The van der Waals surface area contributed by atoms with E-state index in [0.717, 1.165) is 38.6 Å². The SMILES string of the molecule is CCOCc1ccccc1CNC(=NC)NCC1CCCOC1c1ccc(C)cc1. The fraction of sp³-hybridized carbons (Fsp3) is 0.480. The maximum Gasteiger partial charge on any atom is 0.191 e. The number of aliphatic imine (C=N–C) groups is 1. The van der Waals surface area contributed by atoms with Crippen LogP contribution in [-0.2, 0) is 22.6 Å². The molecule has 0 spiro atoms. The molecular weight excluding hydrogens is 374 g/mol. The van der Waals surface area contributed by atoms with Gasteiger partial charge in [-0.2, -0.15) is 0 Å². The number of aryl methyl sites for hydroxylation is 1. The molecule has 0 aromatic heterocycles. The first-order chi connectivity index (χ1) is 14.7. The molecule has 2 atom stereocenters. The van der Waals surface area contributed by atoms with E-state index in [1.165, 1.54) is 22.3 Å². The summed E-state index contributed by atoms with van der Waals surface area (Å²) in [6.45, 7) is 7.87. The molecule has 5 heteroatoms. The first kappa shape index (κ1) is 22.3. The summed E-state index contributed by atoms with van der Waals surface area (Å²) < 4.78 is 11.7. The van der Waals surface area contributed by atoms with E-state index in [9.17, 15) is 0 Å². The Labute approximate surface area is 180 Å². The second kappa shape index (κ2) is 11.7. The normalized spacial score (nSPS) is 19.5. The number of hydrogen-bond acceptors (Lipinski definition) is 3. The first-order valence-corrected chi connectivity index (χ1v) is 11.0. The van der Waals surface area contributed by atoms with Crippen molar-refractivity contribution in [1.29, 1.82) is 0 Å². The van der Waals surface area contributed by atoms with Gasteiger partial charge in [0.25, 0.3) is 0 Å². The van der Waals surface area contributed by atoms with E-state index >= 15 is 0 Å². The minimum absolute atomic E-state index is 0.136. The second-order valence-electron chi connectivity index (χ2n) is 7.82. The Kier molecular flexibility index (Phi) is 8.72. The van der Waals surface area contributed by atoms with Crippen LogP contribution in [0.5, 0.6) is 0 Å². The summed E-state index contributed by atoms with van der Waals surface area (Å²) in [5.74, 6) is 1.24. The van der Waals surface area contributed by atoms with Crippen LogP contribution in [-0.4, -0.2) is 32.8 Å². The molecule has 1 aliphatic rings. The lowest BCUT2D eigenvalue weighted by atomic mass is 9.89. The van der Waals surface area contributed by atoms with Crippen LogP contribution in [0.15, 0.2) is 53.5 Å². The third kappa shape index (κ3) is 6.31. The highest BCUT2D eigenvalue weighted by atomic mass is 16.5. The molecule has 0 saturated carbocycles. The Morgan fingerprint density at radius 3 is 2.60 bits per heavy atom. The third-order valence-electron chi connectivity index (χ3n) is 5.63. The summed E-state index contributed by atoms with van der Waals surface area (Å²) in [6, 6.07) is 17.1. The molecule has 2 N–H and O–H groups in total. The molecule has 1 fully saturated rings. The molecule has 30 heavy (non-hydrogen) atoms. The second-order valence-corrected chi connectivity index (χ2v) is 7.82. The molecule has 0 aliphatic carbocycles. The number of nitrogens with zero attached hydrogens (tertiary/aromatic N) is 1. The molecule has 3 rings (SSSR count). The zero-order valence-corrected chi connectivity index (χ0v) is 18.5. The number of hydrogen-bond donors (Lipinski definition) is 2. The molecule has 2 aromatic carbocycles. The predicted octanol–water partition coefficient (Wildman–Crippen LogP) is 4.36. The van der Waals surface area contributed by atoms with E-state index in [1.807, 2.05) is 14.0 Å². The maximum atomic E-state index is 6.15. The Bertz CT molecular complexity index is 804. The first-order valence-electron chi connectivity index (χ1n) is 11.0. The van der Waals surface area contributed by atoms with Crippen molar-refractivity contribution < 1.29 is 9.47 Å². The number of guanidine groups is 1. The standard InChI is InChI=1S/C25H35N3O2/c1-4-29-18-23-9-6-5-8-21(23)16-27-25(26-3)28-17-22-10-7-15-30-24(22)20-13-11-19(2)12-14-20/h5-6,8-9,11-14,22,24H,4,7,10,15-18H2,1-3H3,(H2,26,27,28). The van der Waals surface area contributed by atoms with E-state index < -0.39 is 0 Å². The highest BCUT2D eigenvalue weighted by Crippen LogP contribution is 2.33. The molecule has 0 amide bonds. The van der Waals surface area contributed by atoms with Crippen molar-refractivity contribution >= 4 is 5.96 Å². The van der Waals surface area contributed by atoms with Crippen LogP contribution in [0.4, 0.5) is 0 Å². The van der Waals surface area contributed by atoms with Crippen LogP contribution in [0.3, 0.4) is 0 Å². The molecule has 1 aliphatic heterocycles. The zero-order valence-electron chi connectivity index (χ0n) is 18.5. The maximum absolute atomic E-state index is 6.15. The lowest BCUT2D eigenvalue weighted by Crippen LogP contribution is -2.41. The van der Waals surface area contributed by atoms with E-state index in [1.54, 1.807) is 0 Å². The number of ether oxygens (including phenoxy) is 2. The Hall–Kier alpha value is -2.37. The highest BCUT2D eigenvalue weighted by molar-refractivity contribution is 5.79. The molecule has 1 heterocycles. The fourth-order valence-corrected chi connectivity index (χ4v) is 3.89. The monoisotopic (exact) mass is 409 g/mol. The van der Waals surface area contributed by atoms with Gasteiger partial charge >= 0.3 is 0 Å². The van der Waals surface area contributed by atoms with Gasteiger partial charge in [0.05, 0.1) is 12.7 Å². The number of benzene rings is 2. The lowest BCUT2D eigenvalue weighted by Gasteiger charge is -2.32. The topological polar surface area (TPSA) is 54.9 Å². The molecule has 5 nitrogen and oxygen atoms in total. The summed E-state index contributed by atoms with van der Waals surface area (Å²) in [7, 11) is 1.82.